The van der Waals surface area contributed by atoms with Crippen LogP contribution in [0.4, 0.5) is 10.6 Å². The summed E-state index contributed by atoms with van der Waals surface area (Å²) in [5.74, 6) is 1.20. The summed E-state index contributed by atoms with van der Waals surface area (Å²) >= 11 is 0. The Balaban J connectivity index is 2.32. The quantitative estimate of drug-likeness (QED) is 0.724. The molecule has 1 atom stereocenters. The summed E-state index contributed by atoms with van der Waals surface area (Å²) in [6, 6.07) is 1.23. The van der Waals surface area contributed by atoms with Gasteiger partial charge in [-0.25, -0.2) is 4.79 Å². The van der Waals surface area contributed by atoms with Gasteiger partial charge in [0.2, 0.25) is 0 Å². The highest BCUT2D eigenvalue weighted by molar-refractivity contribution is 5.88. The maximum atomic E-state index is 11.5. The van der Waals surface area contributed by atoms with Gasteiger partial charge in [-0.05, 0) is 12.8 Å². The molecule has 0 spiro atoms. The lowest BCUT2D eigenvalue weighted by Gasteiger charge is -2.20. The molecule has 1 rings (SSSR count). The zero-order valence-electron chi connectivity index (χ0n) is 11.1. The fourth-order valence-corrected chi connectivity index (χ4v) is 1.78. The number of amides is 2. The van der Waals surface area contributed by atoms with E-state index in [4.69, 9.17) is 4.52 Å². The van der Waals surface area contributed by atoms with Crippen LogP contribution in [-0.2, 0) is 0 Å². The van der Waals surface area contributed by atoms with Crippen LogP contribution in [0.25, 0.3) is 0 Å². The Labute approximate surface area is 107 Å². The highest BCUT2D eigenvalue weighted by Gasteiger charge is 2.16. The number of carbonyl (C=O) groups excluding carboxylic acids is 1. The van der Waals surface area contributed by atoms with Gasteiger partial charge in [-0.3, -0.25) is 5.32 Å². The van der Waals surface area contributed by atoms with Crippen molar-refractivity contribution in [1.82, 2.24) is 10.5 Å². The maximum absolute atomic E-state index is 11.5. The van der Waals surface area contributed by atoms with E-state index < -0.39 is 12.1 Å². The topological polar surface area (TPSA) is 87.4 Å². The summed E-state index contributed by atoms with van der Waals surface area (Å²) in [6.07, 6.45) is 1.26. The van der Waals surface area contributed by atoms with Gasteiger partial charge < -0.3 is 14.9 Å². The smallest absolute Gasteiger partial charge is 0.320 e. The largest absolute Gasteiger partial charge is 0.391 e. The third kappa shape index (κ3) is 4.37. The molecule has 0 aliphatic heterocycles. The van der Waals surface area contributed by atoms with Crippen LogP contribution >= 0.6 is 0 Å². The third-order valence-electron chi connectivity index (χ3n) is 2.93. The number of aliphatic hydroxyl groups is 1. The molecule has 102 valence electrons. The van der Waals surface area contributed by atoms with Crippen molar-refractivity contribution in [2.75, 3.05) is 11.9 Å². The Morgan fingerprint density at radius 3 is 2.67 bits per heavy atom. The number of rotatable bonds is 6. The van der Waals surface area contributed by atoms with Crippen molar-refractivity contribution in [2.24, 2.45) is 5.92 Å². The van der Waals surface area contributed by atoms with Crippen molar-refractivity contribution >= 4 is 11.8 Å². The van der Waals surface area contributed by atoms with Gasteiger partial charge in [-0.1, -0.05) is 31.8 Å². The molecule has 0 saturated carbocycles. The van der Waals surface area contributed by atoms with E-state index in [-0.39, 0.29) is 12.5 Å². The van der Waals surface area contributed by atoms with E-state index in [1.165, 1.54) is 0 Å². The van der Waals surface area contributed by atoms with E-state index in [1.54, 1.807) is 13.0 Å². The van der Waals surface area contributed by atoms with Gasteiger partial charge >= 0.3 is 6.03 Å². The minimum absolute atomic E-state index is 0.208. The van der Waals surface area contributed by atoms with Gasteiger partial charge in [0.1, 0.15) is 5.76 Å². The summed E-state index contributed by atoms with van der Waals surface area (Å²) in [7, 11) is 0. The molecule has 1 heterocycles. The Morgan fingerprint density at radius 1 is 1.50 bits per heavy atom. The number of hydrogen-bond donors (Lipinski definition) is 3. The van der Waals surface area contributed by atoms with Crippen LogP contribution < -0.4 is 10.6 Å². The molecule has 18 heavy (non-hydrogen) atoms. The van der Waals surface area contributed by atoms with E-state index in [0.717, 1.165) is 12.8 Å². The molecule has 6 heteroatoms. The second-order valence-electron chi connectivity index (χ2n) is 4.30. The van der Waals surface area contributed by atoms with Gasteiger partial charge in [0, 0.05) is 12.6 Å². The number of urea groups is 1. The van der Waals surface area contributed by atoms with Crippen molar-refractivity contribution in [1.29, 1.82) is 0 Å². The predicted molar refractivity (Wildman–Crippen MR) is 68.3 cm³/mol. The molecule has 0 radical (unpaired) electrons. The van der Waals surface area contributed by atoms with Crippen molar-refractivity contribution in [3.8, 4) is 0 Å². The fraction of sp³-hybridized carbons (Fsp3) is 0.667. The monoisotopic (exact) mass is 255 g/mol. The Kier molecular flexibility index (Phi) is 5.64. The third-order valence-corrected chi connectivity index (χ3v) is 2.93. The van der Waals surface area contributed by atoms with E-state index in [2.05, 4.69) is 15.8 Å². The summed E-state index contributed by atoms with van der Waals surface area (Å²) in [6.45, 7) is 6.02. The van der Waals surface area contributed by atoms with Gasteiger partial charge in [0.15, 0.2) is 5.82 Å². The molecule has 3 N–H and O–H groups in total. The number of hydrogen-bond acceptors (Lipinski definition) is 4. The minimum Gasteiger partial charge on any atom is -0.391 e. The highest BCUT2D eigenvalue weighted by atomic mass is 16.5. The summed E-state index contributed by atoms with van der Waals surface area (Å²) in [5.41, 5.74) is 0. The lowest BCUT2D eigenvalue weighted by atomic mass is 9.97. The number of carbonyl (C=O) groups is 1. The molecule has 1 aromatic rings. The summed E-state index contributed by atoms with van der Waals surface area (Å²) < 4.78 is 4.82. The number of nitrogens with zero attached hydrogens (tertiary/aromatic N) is 1. The Bertz CT molecular complexity index is 374. The molecule has 0 bridgehead atoms. The van der Waals surface area contributed by atoms with Gasteiger partial charge in [-0.15, -0.1) is 0 Å². The van der Waals surface area contributed by atoms with Crippen LogP contribution in [0.1, 0.15) is 32.4 Å². The van der Waals surface area contributed by atoms with Gasteiger partial charge in [0.05, 0.1) is 6.10 Å². The molecular weight excluding hydrogens is 234 g/mol. The number of nitrogens with one attached hydrogen (secondary N) is 2. The fourth-order valence-electron chi connectivity index (χ4n) is 1.78. The maximum Gasteiger partial charge on any atom is 0.320 e. The highest BCUT2D eigenvalue weighted by Crippen LogP contribution is 2.12. The average Bonchev–Trinajstić information content (AvgIpc) is 2.73. The van der Waals surface area contributed by atoms with Crippen LogP contribution in [0.2, 0.25) is 0 Å². The molecule has 0 aromatic carbocycles. The number of aliphatic hydroxyl groups excluding tert-OH is 1. The first-order chi connectivity index (χ1) is 8.56. The lowest BCUT2D eigenvalue weighted by molar-refractivity contribution is 0.104. The molecule has 0 saturated heterocycles. The summed E-state index contributed by atoms with van der Waals surface area (Å²) in [4.78, 5) is 11.5. The van der Waals surface area contributed by atoms with E-state index in [1.807, 2.05) is 13.8 Å². The second-order valence-corrected chi connectivity index (χ2v) is 4.30. The zero-order chi connectivity index (χ0) is 13.5. The molecule has 1 aromatic heterocycles. The van der Waals surface area contributed by atoms with Crippen molar-refractivity contribution in [3.63, 3.8) is 0 Å². The van der Waals surface area contributed by atoms with Crippen molar-refractivity contribution in [2.45, 2.75) is 39.7 Å². The molecule has 0 aliphatic carbocycles. The first-order valence-electron chi connectivity index (χ1n) is 6.23. The van der Waals surface area contributed by atoms with Crippen LogP contribution in [0, 0.1) is 12.8 Å². The number of aromatic nitrogens is 1. The lowest BCUT2D eigenvalue weighted by Crippen LogP contribution is -2.38. The number of anilines is 1. The minimum atomic E-state index is -0.523. The first kappa shape index (κ1) is 14.5. The van der Waals surface area contributed by atoms with Gasteiger partial charge in [0.25, 0.3) is 0 Å². The van der Waals surface area contributed by atoms with Crippen LogP contribution in [-0.4, -0.2) is 28.9 Å². The predicted octanol–water partition coefficient (Wildman–Crippen LogP) is 1.90. The van der Waals surface area contributed by atoms with Crippen LogP contribution in [0.5, 0.6) is 0 Å². The molecule has 6 nitrogen and oxygen atoms in total. The Hall–Kier alpha value is -1.56. The molecular formula is C12H21N3O3. The van der Waals surface area contributed by atoms with Crippen LogP contribution in [0.3, 0.4) is 0 Å². The molecule has 0 aliphatic rings. The van der Waals surface area contributed by atoms with Crippen molar-refractivity contribution in [3.05, 3.63) is 11.8 Å². The second kappa shape index (κ2) is 7.00. The standard InChI is InChI=1S/C12H21N3O3/c1-4-9(5-2)10(16)7-13-12(17)14-11-6-8(3)18-15-11/h6,9-10,16H,4-5,7H2,1-3H3,(H2,13,14,15,17). The number of aryl methyl sites for hydroxylation is 1. The SMILES string of the molecule is CCC(CC)C(O)CNC(=O)Nc1cc(C)on1. The van der Waals surface area contributed by atoms with E-state index in [9.17, 15) is 9.90 Å². The zero-order valence-corrected chi connectivity index (χ0v) is 11.1. The molecule has 0 fully saturated rings. The van der Waals surface area contributed by atoms with Gasteiger partial charge in [-0.2, -0.15) is 0 Å². The van der Waals surface area contributed by atoms with Crippen molar-refractivity contribution < 1.29 is 14.4 Å². The average molecular weight is 255 g/mol. The summed E-state index contributed by atoms with van der Waals surface area (Å²) in [5, 5.41) is 18.6. The molecule has 2 amide bonds. The molecule has 1 unspecified atom stereocenters. The normalized spacial score (nSPS) is 12.5. The van der Waals surface area contributed by atoms with E-state index in [0.29, 0.717) is 11.6 Å². The van der Waals surface area contributed by atoms with E-state index >= 15 is 0 Å². The Morgan fingerprint density at radius 2 is 2.17 bits per heavy atom. The first-order valence-corrected chi connectivity index (χ1v) is 6.23. The van der Waals surface area contributed by atoms with Crippen LogP contribution in [0.15, 0.2) is 10.6 Å².